The van der Waals surface area contributed by atoms with Gasteiger partial charge in [0.1, 0.15) is 16.7 Å². The number of anilines is 2. The van der Waals surface area contributed by atoms with E-state index in [1.807, 2.05) is 11.8 Å². The first-order valence-electron chi connectivity index (χ1n) is 8.92. The van der Waals surface area contributed by atoms with Crippen molar-refractivity contribution in [2.75, 3.05) is 42.8 Å². The van der Waals surface area contributed by atoms with Gasteiger partial charge >= 0.3 is 0 Å². The van der Waals surface area contributed by atoms with Crippen LogP contribution in [0.5, 0.6) is 0 Å². The molecular weight excluding hydrogens is 429 g/mol. The molecule has 2 unspecified atom stereocenters. The van der Waals surface area contributed by atoms with Gasteiger partial charge in [0, 0.05) is 32.2 Å². The van der Waals surface area contributed by atoms with Crippen LogP contribution in [0.25, 0.3) is 0 Å². The second kappa shape index (κ2) is 7.33. The van der Waals surface area contributed by atoms with E-state index in [0.29, 0.717) is 24.9 Å². The van der Waals surface area contributed by atoms with Crippen molar-refractivity contribution in [2.45, 2.75) is 4.90 Å². The first-order valence-corrected chi connectivity index (χ1v) is 10.8. The fraction of sp³-hybridized carbons (Fsp3) is 0.389. The van der Waals surface area contributed by atoms with E-state index in [0.717, 1.165) is 31.3 Å². The van der Waals surface area contributed by atoms with Crippen molar-refractivity contribution >= 4 is 33.1 Å². The Morgan fingerprint density at radius 3 is 2.41 bits per heavy atom. The van der Waals surface area contributed by atoms with Crippen LogP contribution in [0.3, 0.4) is 0 Å². The monoisotopic (exact) mass is 446 g/mol. The van der Waals surface area contributed by atoms with Crippen LogP contribution in [0, 0.1) is 29.4 Å². The third-order valence-corrected chi connectivity index (χ3v) is 7.08. The largest absolute Gasteiger partial charge is 0.369 e. The fourth-order valence-corrected chi connectivity index (χ4v) is 5.59. The van der Waals surface area contributed by atoms with Crippen LogP contribution in [-0.2, 0) is 10.0 Å². The molecule has 2 saturated heterocycles. The lowest BCUT2D eigenvalue weighted by Crippen LogP contribution is -2.27. The number of rotatable bonds is 4. The molecule has 0 spiro atoms. The number of aromatic nitrogens is 1. The molecule has 156 valence electrons. The van der Waals surface area contributed by atoms with Gasteiger partial charge in [-0.05, 0) is 31.0 Å². The van der Waals surface area contributed by atoms with E-state index < -0.39 is 43.3 Å². The van der Waals surface area contributed by atoms with Crippen molar-refractivity contribution in [3.05, 3.63) is 46.9 Å². The van der Waals surface area contributed by atoms with Gasteiger partial charge in [0.2, 0.25) is 5.95 Å². The number of nitrogens with one attached hydrogen (secondary N) is 1. The molecule has 1 N–H and O–H groups in total. The van der Waals surface area contributed by atoms with E-state index in [1.54, 1.807) is 4.90 Å². The molecule has 0 radical (unpaired) electrons. The molecule has 2 atom stereocenters. The van der Waals surface area contributed by atoms with Gasteiger partial charge in [-0.1, -0.05) is 17.7 Å². The van der Waals surface area contributed by atoms with Gasteiger partial charge in [-0.15, -0.1) is 0 Å². The zero-order chi connectivity index (χ0) is 20.9. The van der Waals surface area contributed by atoms with E-state index in [2.05, 4.69) is 9.88 Å². The van der Waals surface area contributed by atoms with Crippen molar-refractivity contribution in [1.82, 2.24) is 9.88 Å². The van der Waals surface area contributed by atoms with E-state index in [4.69, 9.17) is 11.6 Å². The molecule has 2 aromatic rings. The number of sulfonamides is 1. The topological polar surface area (TPSA) is 65.5 Å². The molecule has 6 nitrogen and oxygen atoms in total. The van der Waals surface area contributed by atoms with Crippen LogP contribution >= 0.6 is 11.6 Å². The number of halogens is 4. The van der Waals surface area contributed by atoms with Gasteiger partial charge < -0.3 is 9.80 Å². The molecule has 2 fully saturated rings. The van der Waals surface area contributed by atoms with E-state index in [1.165, 1.54) is 6.07 Å². The number of nitrogens with zero attached hydrogens (tertiary/aromatic N) is 3. The van der Waals surface area contributed by atoms with Crippen LogP contribution in [0.1, 0.15) is 0 Å². The number of pyridine rings is 1. The van der Waals surface area contributed by atoms with Crippen molar-refractivity contribution in [3.8, 4) is 0 Å². The molecule has 29 heavy (non-hydrogen) atoms. The SMILES string of the molecule is CN1CC2CN(c3cc(F)c(S(=O)(=O)Nc4cccc(F)n4)c(F)c3Cl)CC2C1. The Bertz CT molecular complexity index is 1060. The predicted molar refractivity (Wildman–Crippen MR) is 103 cm³/mol. The van der Waals surface area contributed by atoms with Crippen molar-refractivity contribution in [1.29, 1.82) is 0 Å². The summed E-state index contributed by atoms with van der Waals surface area (Å²) in [5, 5.41) is -0.465. The van der Waals surface area contributed by atoms with Gasteiger partial charge in [-0.25, -0.2) is 22.2 Å². The maximum Gasteiger partial charge on any atom is 0.268 e. The highest BCUT2D eigenvalue weighted by Crippen LogP contribution is 2.40. The second-order valence-electron chi connectivity index (χ2n) is 7.43. The summed E-state index contributed by atoms with van der Waals surface area (Å²) in [6, 6.07) is 4.31. The summed E-state index contributed by atoms with van der Waals surface area (Å²) < 4.78 is 69.7. The molecule has 1 aromatic heterocycles. The lowest BCUT2D eigenvalue weighted by atomic mass is 10.0. The minimum atomic E-state index is -4.72. The van der Waals surface area contributed by atoms with Gasteiger partial charge in [0.25, 0.3) is 10.0 Å². The minimum absolute atomic E-state index is 0.126. The zero-order valence-electron chi connectivity index (χ0n) is 15.4. The van der Waals surface area contributed by atoms with E-state index in [9.17, 15) is 21.6 Å². The lowest BCUT2D eigenvalue weighted by Gasteiger charge is -2.23. The maximum atomic E-state index is 14.9. The van der Waals surface area contributed by atoms with Crippen LogP contribution in [0.15, 0.2) is 29.2 Å². The number of benzene rings is 1. The van der Waals surface area contributed by atoms with Crippen LogP contribution < -0.4 is 9.62 Å². The predicted octanol–water partition coefficient (Wildman–Crippen LogP) is 2.95. The molecule has 3 heterocycles. The standard InChI is InChI=1S/C18H18ClF3N4O2S/c1-25-6-10-8-26(9-11(10)7-25)13-5-12(20)18(17(22)16(13)19)29(27,28)24-15-4-2-3-14(21)23-15/h2-5,10-11H,6-9H2,1H3,(H,23,24). The molecule has 1 aromatic carbocycles. The molecular formula is C18H18ClF3N4O2S. The van der Waals surface area contributed by atoms with Gasteiger partial charge in [-0.2, -0.15) is 4.39 Å². The molecule has 11 heteroatoms. The Hall–Kier alpha value is -2.04. The molecule has 2 aliphatic rings. The quantitative estimate of drug-likeness (QED) is 0.578. The zero-order valence-corrected chi connectivity index (χ0v) is 16.9. The Kier molecular flexibility index (Phi) is 5.12. The summed E-state index contributed by atoms with van der Waals surface area (Å²) in [5.74, 6) is -3.28. The number of likely N-dealkylation sites (tertiary alicyclic amines) is 1. The highest BCUT2D eigenvalue weighted by Gasteiger charge is 2.40. The Morgan fingerprint density at radius 1 is 1.14 bits per heavy atom. The third-order valence-electron chi connectivity index (χ3n) is 5.33. The summed E-state index contributed by atoms with van der Waals surface area (Å²) in [6.45, 7) is 2.96. The van der Waals surface area contributed by atoms with E-state index >= 15 is 0 Å². The van der Waals surface area contributed by atoms with Gasteiger partial charge in [-0.3, -0.25) is 4.72 Å². The van der Waals surface area contributed by atoms with Crippen molar-refractivity contribution in [3.63, 3.8) is 0 Å². The summed E-state index contributed by atoms with van der Waals surface area (Å²) in [4.78, 5) is 6.10. The van der Waals surface area contributed by atoms with Crippen LogP contribution in [0.4, 0.5) is 24.7 Å². The third kappa shape index (κ3) is 3.76. The van der Waals surface area contributed by atoms with Crippen molar-refractivity contribution in [2.24, 2.45) is 11.8 Å². The van der Waals surface area contributed by atoms with Crippen molar-refractivity contribution < 1.29 is 21.6 Å². The van der Waals surface area contributed by atoms with E-state index in [-0.39, 0.29) is 5.69 Å². The summed E-state index contributed by atoms with van der Waals surface area (Å²) in [6.07, 6.45) is 0. The Labute approximate surface area is 171 Å². The lowest BCUT2D eigenvalue weighted by molar-refractivity contribution is 0.387. The molecule has 4 rings (SSSR count). The highest BCUT2D eigenvalue weighted by molar-refractivity contribution is 7.92. The second-order valence-corrected chi connectivity index (χ2v) is 9.43. The molecule has 0 saturated carbocycles. The number of hydrogen-bond donors (Lipinski definition) is 1. The molecule has 0 amide bonds. The average molecular weight is 447 g/mol. The fourth-order valence-electron chi connectivity index (χ4n) is 4.12. The summed E-state index contributed by atoms with van der Waals surface area (Å²) in [5.41, 5.74) is 0.126. The molecule has 2 aliphatic heterocycles. The first-order chi connectivity index (χ1) is 13.7. The summed E-state index contributed by atoms with van der Waals surface area (Å²) >= 11 is 6.11. The normalized spacial score (nSPS) is 22.2. The first kappa shape index (κ1) is 20.2. The summed E-state index contributed by atoms with van der Waals surface area (Å²) in [7, 11) is -2.69. The smallest absolute Gasteiger partial charge is 0.268 e. The van der Waals surface area contributed by atoms with Crippen LogP contribution in [0.2, 0.25) is 5.02 Å². The van der Waals surface area contributed by atoms with Crippen LogP contribution in [-0.4, -0.2) is 51.5 Å². The van der Waals surface area contributed by atoms with Gasteiger partial charge in [0.05, 0.1) is 5.69 Å². The highest BCUT2D eigenvalue weighted by atomic mass is 35.5. The minimum Gasteiger partial charge on any atom is -0.369 e. The van der Waals surface area contributed by atoms with Gasteiger partial charge in [0.15, 0.2) is 10.7 Å². The molecule has 0 aliphatic carbocycles. The number of fused-ring (bicyclic) bond motifs is 1. The maximum absolute atomic E-state index is 14.9. The Balaban J connectivity index is 1.65. The number of hydrogen-bond acceptors (Lipinski definition) is 5. The molecule has 0 bridgehead atoms. The average Bonchev–Trinajstić information content (AvgIpc) is 3.14. The Morgan fingerprint density at radius 2 is 1.79 bits per heavy atom.